The quantitative estimate of drug-likeness (QED) is 0.798. The van der Waals surface area contributed by atoms with Crippen LogP contribution in [0.3, 0.4) is 0 Å². The summed E-state index contributed by atoms with van der Waals surface area (Å²) in [5.41, 5.74) is 8.20. The highest BCUT2D eigenvalue weighted by atomic mass is 19.1. The van der Waals surface area contributed by atoms with Crippen molar-refractivity contribution in [1.29, 1.82) is 0 Å². The van der Waals surface area contributed by atoms with E-state index in [9.17, 15) is 8.78 Å². The average Bonchev–Trinajstić information content (AvgIpc) is 2.68. The van der Waals surface area contributed by atoms with Crippen LogP contribution in [0.4, 0.5) is 8.78 Å². The summed E-state index contributed by atoms with van der Waals surface area (Å²) in [6.45, 7) is 2.81. The minimum Gasteiger partial charge on any atom is -0.379 e. The summed E-state index contributed by atoms with van der Waals surface area (Å²) in [6, 6.07) is 13.4. The molecule has 2 aromatic carbocycles. The van der Waals surface area contributed by atoms with Gasteiger partial charge in [-0.05, 0) is 67.7 Å². The smallest absolute Gasteiger partial charge is 0.123 e. The van der Waals surface area contributed by atoms with Gasteiger partial charge in [0.25, 0.3) is 0 Å². The monoisotopic (exact) mass is 374 g/mol. The Morgan fingerprint density at radius 1 is 1.04 bits per heavy atom. The molecule has 1 aliphatic heterocycles. The van der Waals surface area contributed by atoms with Crippen LogP contribution in [-0.4, -0.2) is 43.8 Å². The first kappa shape index (κ1) is 19.9. The largest absolute Gasteiger partial charge is 0.379 e. The summed E-state index contributed by atoms with van der Waals surface area (Å²) in [4.78, 5) is 2.39. The Kier molecular flexibility index (Phi) is 6.94. The van der Waals surface area contributed by atoms with Gasteiger partial charge in [0.05, 0.1) is 6.10 Å². The first-order valence-corrected chi connectivity index (χ1v) is 9.58. The van der Waals surface area contributed by atoms with Crippen molar-refractivity contribution in [2.24, 2.45) is 5.73 Å². The maximum absolute atomic E-state index is 13.3. The summed E-state index contributed by atoms with van der Waals surface area (Å²) in [7, 11) is 1.72. The van der Waals surface area contributed by atoms with Crippen LogP contribution in [0.5, 0.6) is 0 Å². The molecular formula is C22H28F2N2O. The Labute approximate surface area is 160 Å². The molecule has 0 radical (unpaired) electrons. The van der Waals surface area contributed by atoms with E-state index in [0.717, 1.165) is 50.0 Å². The molecule has 0 amide bonds. The number of hydrogen-bond acceptors (Lipinski definition) is 3. The fourth-order valence-corrected chi connectivity index (χ4v) is 3.89. The third-order valence-corrected chi connectivity index (χ3v) is 5.51. The maximum atomic E-state index is 13.3. The number of nitrogens with two attached hydrogens (primary N) is 1. The first-order valence-electron chi connectivity index (χ1n) is 9.58. The third kappa shape index (κ3) is 5.34. The van der Waals surface area contributed by atoms with E-state index in [4.69, 9.17) is 10.5 Å². The van der Waals surface area contributed by atoms with Gasteiger partial charge >= 0.3 is 0 Å². The van der Waals surface area contributed by atoms with E-state index < -0.39 is 0 Å². The zero-order chi connectivity index (χ0) is 19.2. The van der Waals surface area contributed by atoms with Gasteiger partial charge in [0.2, 0.25) is 0 Å². The van der Waals surface area contributed by atoms with Gasteiger partial charge in [0.15, 0.2) is 0 Å². The molecule has 1 saturated heterocycles. The number of piperidine rings is 1. The van der Waals surface area contributed by atoms with Crippen LogP contribution in [0.15, 0.2) is 48.5 Å². The molecule has 1 fully saturated rings. The van der Waals surface area contributed by atoms with Gasteiger partial charge in [-0.15, -0.1) is 0 Å². The molecule has 0 spiro atoms. The lowest BCUT2D eigenvalue weighted by Gasteiger charge is -2.36. The van der Waals surface area contributed by atoms with Crippen LogP contribution in [0.2, 0.25) is 0 Å². The SMILES string of the molecule is CO[C@H]1CN(CCCC(c2ccc(F)cc2)c2ccc(F)cc2)CC[C@H]1N. The van der Waals surface area contributed by atoms with Crippen molar-refractivity contribution in [2.45, 2.75) is 37.3 Å². The maximum Gasteiger partial charge on any atom is 0.123 e. The fraction of sp³-hybridized carbons (Fsp3) is 0.455. The van der Waals surface area contributed by atoms with E-state index in [1.807, 2.05) is 24.3 Å². The number of nitrogens with zero attached hydrogens (tertiary/aromatic N) is 1. The van der Waals surface area contributed by atoms with Crippen molar-refractivity contribution in [2.75, 3.05) is 26.7 Å². The highest BCUT2D eigenvalue weighted by molar-refractivity contribution is 5.32. The topological polar surface area (TPSA) is 38.5 Å². The van der Waals surface area contributed by atoms with Crippen LogP contribution in [0, 0.1) is 11.6 Å². The number of likely N-dealkylation sites (tertiary alicyclic amines) is 1. The van der Waals surface area contributed by atoms with E-state index >= 15 is 0 Å². The summed E-state index contributed by atoms with van der Waals surface area (Å²) in [5, 5.41) is 0. The molecule has 2 atom stereocenters. The van der Waals surface area contributed by atoms with Gasteiger partial charge in [-0.1, -0.05) is 24.3 Å². The van der Waals surface area contributed by atoms with E-state index in [1.54, 1.807) is 7.11 Å². The molecule has 1 aliphatic rings. The first-order chi connectivity index (χ1) is 13.1. The minimum atomic E-state index is -0.244. The molecule has 2 aromatic rings. The van der Waals surface area contributed by atoms with Crippen LogP contribution in [-0.2, 0) is 4.74 Å². The normalized spacial score (nSPS) is 20.9. The van der Waals surface area contributed by atoms with Gasteiger partial charge in [-0.3, -0.25) is 0 Å². The molecule has 27 heavy (non-hydrogen) atoms. The number of halogens is 2. The van der Waals surface area contributed by atoms with Crippen molar-refractivity contribution in [1.82, 2.24) is 4.90 Å². The molecule has 3 rings (SSSR count). The third-order valence-electron chi connectivity index (χ3n) is 5.51. The zero-order valence-electron chi connectivity index (χ0n) is 15.8. The lowest BCUT2D eigenvalue weighted by molar-refractivity contribution is 0.0163. The summed E-state index contributed by atoms with van der Waals surface area (Å²) in [5.74, 6) is -0.366. The molecule has 0 bridgehead atoms. The van der Waals surface area contributed by atoms with Gasteiger partial charge in [0, 0.05) is 25.6 Å². The van der Waals surface area contributed by atoms with Crippen molar-refractivity contribution >= 4 is 0 Å². The van der Waals surface area contributed by atoms with E-state index in [1.165, 1.54) is 24.3 Å². The van der Waals surface area contributed by atoms with Gasteiger partial charge in [-0.2, -0.15) is 0 Å². The Bertz CT molecular complexity index is 660. The summed E-state index contributed by atoms with van der Waals surface area (Å²) >= 11 is 0. The van der Waals surface area contributed by atoms with Crippen LogP contribution < -0.4 is 5.73 Å². The van der Waals surface area contributed by atoms with Gasteiger partial charge < -0.3 is 15.4 Å². The molecule has 1 heterocycles. The standard InChI is InChI=1S/C22H28F2N2O/c1-27-22-15-26(14-12-21(22)25)13-2-3-20(16-4-8-18(23)9-5-16)17-6-10-19(24)11-7-17/h4-11,20-22H,2-3,12-15,25H2,1H3/t21-,22+/m1/s1. The number of rotatable bonds is 7. The number of methoxy groups -OCH3 is 1. The fourth-order valence-electron chi connectivity index (χ4n) is 3.89. The average molecular weight is 374 g/mol. The molecule has 0 aromatic heterocycles. The summed E-state index contributed by atoms with van der Waals surface area (Å²) in [6.07, 6.45) is 2.93. The Morgan fingerprint density at radius 3 is 2.11 bits per heavy atom. The molecule has 146 valence electrons. The lowest BCUT2D eigenvalue weighted by Crippen LogP contribution is -2.51. The molecule has 0 aliphatic carbocycles. The number of benzene rings is 2. The molecule has 5 heteroatoms. The highest BCUT2D eigenvalue weighted by Gasteiger charge is 2.26. The second-order valence-corrected chi connectivity index (χ2v) is 7.33. The predicted octanol–water partition coefficient (Wildman–Crippen LogP) is 3.92. The number of ether oxygens (including phenoxy) is 1. The number of hydrogen-bond donors (Lipinski definition) is 1. The molecule has 2 N–H and O–H groups in total. The van der Waals surface area contributed by atoms with Crippen molar-refractivity contribution in [3.63, 3.8) is 0 Å². The van der Waals surface area contributed by atoms with Crippen LogP contribution >= 0.6 is 0 Å². The minimum absolute atomic E-state index is 0.0868. The van der Waals surface area contributed by atoms with Gasteiger partial charge in [0.1, 0.15) is 11.6 Å². The Balaban J connectivity index is 1.65. The highest BCUT2D eigenvalue weighted by Crippen LogP contribution is 2.30. The van der Waals surface area contributed by atoms with E-state index in [-0.39, 0.29) is 29.7 Å². The van der Waals surface area contributed by atoms with Gasteiger partial charge in [-0.25, -0.2) is 8.78 Å². The van der Waals surface area contributed by atoms with Crippen LogP contribution in [0.25, 0.3) is 0 Å². The van der Waals surface area contributed by atoms with Crippen LogP contribution in [0.1, 0.15) is 36.3 Å². The summed E-state index contributed by atoms with van der Waals surface area (Å²) < 4.78 is 32.1. The van der Waals surface area contributed by atoms with Crippen molar-refractivity contribution < 1.29 is 13.5 Å². The second-order valence-electron chi connectivity index (χ2n) is 7.33. The zero-order valence-corrected chi connectivity index (χ0v) is 15.8. The van der Waals surface area contributed by atoms with E-state index in [2.05, 4.69) is 4.90 Å². The van der Waals surface area contributed by atoms with Crippen molar-refractivity contribution in [3.8, 4) is 0 Å². The molecule has 3 nitrogen and oxygen atoms in total. The predicted molar refractivity (Wildman–Crippen MR) is 104 cm³/mol. The lowest BCUT2D eigenvalue weighted by atomic mass is 9.87. The van der Waals surface area contributed by atoms with E-state index in [0.29, 0.717) is 0 Å². The Morgan fingerprint density at radius 2 is 1.59 bits per heavy atom. The Hall–Kier alpha value is -1.82. The molecule has 0 saturated carbocycles. The molecule has 0 unspecified atom stereocenters. The van der Waals surface area contributed by atoms with Crippen molar-refractivity contribution in [3.05, 3.63) is 71.3 Å². The second kappa shape index (κ2) is 9.40. The molecular weight excluding hydrogens is 346 g/mol.